The predicted molar refractivity (Wildman–Crippen MR) is 95.8 cm³/mol. The smallest absolute Gasteiger partial charge is 0.193 e. The van der Waals surface area contributed by atoms with Gasteiger partial charge in [0.25, 0.3) is 0 Å². The van der Waals surface area contributed by atoms with E-state index in [9.17, 15) is 0 Å². The number of nitrogens with zero attached hydrogens (tertiary/aromatic N) is 7. The van der Waals surface area contributed by atoms with E-state index in [1.807, 2.05) is 23.6 Å². The van der Waals surface area contributed by atoms with Crippen LogP contribution in [0.5, 0.6) is 0 Å². The Morgan fingerprint density at radius 1 is 1.20 bits per heavy atom. The number of rotatable bonds is 3. The Bertz CT molecular complexity index is 994. The lowest BCUT2D eigenvalue weighted by Gasteiger charge is -2.30. The van der Waals surface area contributed by atoms with Gasteiger partial charge < -0.3 is 0 Å². The van der Waals surface area contributed by atoms with Gasteiger partial charge in [0.1, 0.15) is 0 Å². The largest absolute Gasteiger partial charge is 0.297 e. The Morgan fingerprint density at radius 2 is 2.08 bits per heavy atom. The fourth-order valence-electron chi connectivity index (χ4n) is 3.58. The monoisotopic (exact) mass is 353 g/mol. The van der Waals surface area contributed by atoms with E-state index in [4.69, 9.17) is 0 Å². The van der Waals surface area contributed by atoms with E-state index in [1.54, 1.807) is 11.3 Å². The van der Waals surface area contributed by atoms with Crippen LogP contribution in [0.15, 0.2) is 29.9 Å². The van der Waals surface area contributed by atoms with Gasteiger partial charge in [-0.3, -0.25) is 9.30 Å². The van der Waals surface area contributed by atoms with Gasteiger partial charge in [-0.1, -0.05) is 0 Å². The molecule has 128 valence electrons. The molecule has 7 nitrogen and oxygen atoms in total. The number of piperidine rings is 1. The van der Waals surface area contributed by atoms with Crippen molar-refractivity contribution in [3.63, 3.8) is 0 Å². The second-order valence-electron chi connectivity index (χ2n) is 6.68. The Hall–Kier alpha value is -2.32. The summed E-state index contributed by atoms with van der Waals surface area (Å²) < 4.78 is 4.02. The number of aromatic nitrogens is 6. The third-order valence-electron chi connectivity index (χ3n) is 4.90. The van der Waals surface area contributed by atoms with E-state index in [0.29, 0.717) is 5.92 Å². The molecule has 5 rings (SSSR count). The van der Waals surface area contributed by atoms with Crippen molar-refractivity contribution in [1.29, 1.82) is 0 Å². The number of thiazole rings is 1. The predicted octanol–water partition coefficient (Wildman–Crippen LogP) is 2.52. The summed E-state index contributed by atoms with van der Waals surface area (Å²) in [5, 5.41) is 15.3. The van der Waals surface area contributed by atoms with Crippen LogP contribution < -0.4 is 0 Å². The number of likely N-dealkylation sites (tertiary alicyclic amines) is 1. The Morgan fingerprint density at radius 3 is 2.92 bits per heavy atom. The molecule has 0 bridgehead atoms. The Balaban J connectivity index is 1.28. The molecule has 5 heterocycles. The number of hydrogen-bond acceptors (Lipinski definition) is 6. The van der Waals surface area contributed by atoms with Gasteiger partial charge in [0, 0.05) is 30.2 Å². The summed E-state index contributed by atoms with van der Waals surface area (Å²) in [7, 11) is 0. The quantitative estimate of drug-likeness (QED) is 0.566. The highest BCUT2D eigenvalue weighted by Crippen LogP contribution is 2.27. The van der Waals surface area contributed by atoms with E-state index >= 15 is 0 Å². The maximum absolute atomic E-state index is 4.69. The van der Waals surface area contributed by atoms with Gasteiger partial charge in [-0.15, -0.1) is 21.5 Å². The standard InChI is InChI=1S/C17H19N7S/c1-12-2-3-15-19-20-16(24(15)21-12)13-4-6-22(7-5-13)10-14-11-23-8-9-25-17(23)18-14/h2-3,8-9,11,13H,4-7,10H2,1H3. The summed E-state index contributed by atoms with van der Waals surface area (Å²) in [5.74, 6) is 1.42. The first-order valence-corrected chi connectivity index (χ1v) is 9.46. The topological polar surface area (TPSA) is 63.6 Å². The van der Waals surface area contributed by atoms with Crippen molar-refractivity contribution >= 4 is 21.9 Å². The number of hydrogen-bond donors (Lipinski definition) is 0. The molecule has 0 atom stereocenters. The van der Waals surface area contributed by atoms with E-state index in [-0.39, 0.29) is 0 Å². The molecule has 1 aliphatic rings. The molecule has 8 heteroatoms. The number of imidazole rings is 1. The molecule has 0 saturated carbocycles. The molecule has 4 aromatic heterocycles. The van der Waals surface area contributed by atoms with Gasteiger partial charge >= 0.3 is 0 Å². The van der Waals surface area contributed by atoms with E-state index in [0.717, 1.165) is 60.3 Å². The molecule has 0 spiro atoms. The zero-order chi connectivity index (χ0) is 16.8. The fraction of sp³-hybridized carbons (Fsp3) is 0.412. The molecule has 0 radical (unpaired) electrons. The van der Waals surface area contributed by atoms with Crippen LogP contribution in [0, 0.1) is 6.92 Å². The van der Waals surface area contributed by atoms with Crippen LogP contribution in [-0.4, -0.2) is 47.2 Å². The minimum Gasteiger partial charge on any atom is -0.297 e. The molecule has 1 aliphatic heterocycles. The van der Waals surface area contributed by atoms with Gasteiger partial charge in [0.05, 0.1) is 11.4 Å². The minimum absolute atomic E-state index is 0.422. The van der Waals surface area contributed by atoms with Gasteiger partial charge in [-0.05, 0) is 45.0 Å². The third-order valence-corrected chi connectivity index (χ3v) is 5.67. The SMILES string of the molecule is Cc1ccc2nnc(C3CCN(Cc4cn5ccsc5n4)CC3)n2n1. The molecule has 0 amide bonds. The summed E-state index contributed by atoms with van der Waals surface area (Å²) >= 11 is 1.68. The first-order chi connectivity index (χ1) is 12.3. The highest BCUT2D eigenvalue weighted by Gasteiger charge is 2.25. The van der Waals surface area contributed by atoms with Crippen LogP contribution in [0.25, 0.3) is 10.6 Å². The molecule has 4 aromatic rings. The molecule has 1 fully saturated rings. The molecule has 0 aromatic carbocycles. The van der Waals surface area contributed by atoms with Crippen LogP contribution in [0.4, 0.5) is 0 Å². The van der Waals surface area contributed by atoms with Gasteiger partial charge in [0.15, 0.2) is 16.4 Å². The lowest BCUT2D eigenvalue weighted by molar-refractivity contribution is 0.199. The average Bonchev–Trinajstić information content (AvgIpc) is 3.30. The minimum atomic E-state index is 0.422. The lowest BCUT2D eigenvalue weighted by atomic mass is 9.96. The number of aryl methyl sites for hydroxylation is 1. The van der Waals surface area contributed by atoms with Gasteiger partial charge in [-0.2, -0.15) is 9.61 Å². The van der Waals surface area contributed by atoms with Gasteiger partial charge in [-0.25, -0.2) is 4.98 Å². The zero-order valence-corrected chi connectivity index (χ0v) is 14.9. The Labute approximate surface area is 148 Å². The van der Waals surface area contributed by atoms with Crippen molar-refractivity contribution < 1.29 is 0 Å². The molecular formula is C17H19N7S. The normalized spacial score (nSPS) is 17.0. The van der Waals surface area contributed by atoms with Crippen molar-refractivity contribution in [2.24, 2.45) is 0 Å². The second-order valence-corrected chi connectivity index (χ2v) is 7.55. The second kappa shape index (κ2) is 5.89. The maximum atomic E-state index is 4.69. The molecule has 0 aliphatic carbocycles. The molecule has 25 heavy (non-hydrogen) atoms. The lowest BCUT2D eigenvalue weighted by Crippen LogP contribution is -2.33. The van der Waals surface area contributed by atoms with Gasteiger partial charge in [0.2, 0.25) is 0 Å². The zero-order valence-electron chi connectivity index (χ0n) is 14.0. The molecule has 0 N–H and O–H groups in total. The van der Waals surface area contributed by atoms with E-state index in [2.05, 4.69) is 47.4 Å². The maximum Gasteiger partial charge on any atom is 0.193 e. The first kappa shape index (κ1) is 15.0. The van der Waals surface area contributed by atoms with Crippen molar-refractivity contribution in [1.82, 2.24) is 34.1 Å². The third kappa shape index (κ3) is 2.71. The summed E-state index contributed by atoms with van der Waals surface area (Å²) in [6.45, 7) is 5.02. The van der Waals surface area contributed by atoms with Crippen LogP contribution in [0.1, 0.15) is 36.0 Å². The molecule has 1 saturated heterocycles. The van der Waals surface area contributed by atoms with Crippen LogP contribution in [0.3, 0.4) is 0 Å². The first-order valence-electron chi connectivity index (χ1n) is 8.59. The van der Waals surface area contributed by atoms with Crippen molar-refractivity contribution in [2.45, 2.75) is 32.2 Å². The van der Waals surface area contributed by atoms with Crippen LogP contribution in [-0.2, 0) is 6.54 Å². The molecular weight excluding hydrogens is 334 g/mol. The Kier molecular flexibility index (Phi) is 3.53. The summed E-state index contributed by atoms with van der Waals surface area (Å²) in [6.07, 6.45) is 6.36. The fourth-order valence-corrected chi connectivity index (χ4v) is 4.30. The van der Waals surface area contributed by atoms with Crippen LogP contribution in [0.2, 0.25) is 0 Å². The highest BCUT2D eigenvalue weighted by atomic mass is 32.1. The van der Waals surface area contributed by atoms with Crippen molar-refractivity contribution in [3.8, 4) is 0 Å². The van der Waals surface area contributed by atoms with Crippen LogP contribution >= 0.6 is 11.3 Å². The van der Waals surface area contributed by atoms with Crippen molar-refractivity contribution in [2.75, 3.05) is 13.1 Å². The number of fused-ring (bicyclic) bond motifs is 2. The summed E-state index contributed by atoms with van der Waals surface area (Å²) in [6, 6.07) is 3.96. The van der Waals surface area contributed by atoms with E-state index in [1.165, 1.54) is 0 Å². The summed E-state index contributed by atoms with van der Waals surface area (Å²) in [5.41, 5.74) is 2.97. The summed E-state index contributed by atoms with van der Waals surface area (Å²) in [4.78, 5) is 8.24. The van der Waals surface area contributed by atoms with Crippen molar-refractivity contribution in [3.05, 3.63) is 47.1 Å². The van der Waals surface area contributed by atoms with E-state index < -0.39 is 0 Å². The highest BCUT2D eigenvalue weighted by molar-refractivity contribution is 7.15. The average molecular weight is 353 g/mol. The molecule has 0 unspecified atom stereocenters.